The monoisotopic (exact) mass is 343 g/mol. The quantitative estimate of drug-likeness (QED) is 0.426. The molecule has 1 aliphatic rings. The third kappa shape index (κ3) is 3.10. The molecule has 2 heteroatoms. The van der Waals surface area contributed by atoms with E-state index in [1.165, 1.54) is 26.6 Å². The molecular weight excluding hydrogens is 322 g/mol. The Morgan fingerprint density at radius 1 is 0.840 bits per heavy atom. The third-order valence-corrected chi connectivity index (χ3v) is 5.78. The van der Waals surface area contributed by atoms with Crippen molar-refractivity contribution in [2.75, 3.05) is 5.32 Å². The lowest BCUT2D eigenvalue weighted by Gasteiger charge is -2.21. The highest BCUT2D eigenvalue weighted by Crippen LogP contribution is 2.44. The Morgan fingerprint density at radius 2 is 1.52 bits per heavy atom. The number of anilines is 2. The molecule has 25 heavy (non-hydrogen) atoms. The molecule has 1 nitrogen and oxygen atoms in total. The number of para-hydroxylation sites is 1. The second-order valence-corrected chi connectivity index (χ2v) is 7.77. The third-order valence-electron chi connectivity index (χ3n) is 4.63. The molecular formula is C23H21NS. The summed E-state index contributed by atoms with van der Waals surface area (Å²) in [6, 6.07) is 23.7. The maximum Gasteiger partial charge on any atom is 0.0532 e. The van der Waals surface area contributed by atoms with Crippen LogP contribution in [0.5, 0.6) is 0 Å². The van der Waals surface area contributed by atoms with E-state index in [1.54, 1.807) is 0 Å². The first-order valence-corrected chi connectivity index (χ1v) is 9.41. The Morgan fingerprint density at radius 3 is 2.28 bits per heavy atom. The van der Waals surface area contributed by atoms with Crippen LogP contribution in [0.3, 0.4) is 0 Å². The van der Waals surface area contributed by atoms with Crippen molar-refractivity contribution in [2.24, 2.45) is 0 Å². The van der Waals surface area contributed by atoms with Crippen molar-refractivity contribution < 1.29 is 0 Å². The molecule has 0 saturated carbocycles. The molecule has 0 fully saturated rings. The molecule has 124 valence electrons. The van der Waals surface area contributed by atoms with Crippen molar-refractivity contribution in [1.82, 2.24) is 0 Å². The Balaban J connectivity index is 1.63. The lowest BCUT2D eigenvalue weighted by molar-refractivity contribution is 0.866. The topological polar surface area (TPSA) is 12.0 Å². The van der Waals surface area contributed by atoms with E-state index in [0.29, 0.717) is 5.92 Å². The zero-order valence-electron chi connectivity index (χ0n) is 14.5. The summed E-state index contributed by atoms with van der Waals surface area (Å²) in [6.07, 6.45) is 0. The van der Waals surface area contributed by atoms with Gasteiger partial charge in [0.1, 0.15) is 0 Å². The summed E-state index contributed by atoms with van der Waals surface area (Å²) in [5.41, 5.74) is 7.07. The van der Waals surface area contributed by atoms with Crippen LogP contribution in [-0.4, -0.2) is 0 Å². The largest absolute Gasteiger partial charge is 0.354 e. The molecule has 1 heterocycles. The second-order valence-electron chi connectivity index (χ2n) is 6.69. The number of benzene rings is 3. The molecule has 0 radical (unpaired) electrons. The summed E-state index contributed by atoms with van der Waals surface area (Å²) < 4.78 is 0. The van der Waals surface area contributed by atoms with Crippen molar-refractivity contribution in [1.29, 1.82) is 0 Å². The molecule has 0 saturated heterocycles. The van der Waals surface area contributed by atoms with Crippen LogP contribution >= 0.6 is 11.8 Å². The fraction of sp³-hybridized carbons (Fsp3) is 0.130. The van der Waals surface area contributed by atoms with Crippen molar-refractivity contribution >= 4 is 28.7 Å². The van der Waals surface area contributed by atoms with Crippen LogP contribution in [0.4, 0.5) is 11.4 Å². The van der Waals surface area contributed by atoms with Gasteiger partial charge < -0.3 is 5.32 Å². The van der Waals surface area contributed by atoms with E-state index in [9.17, 15) is 0 Å². The molecule has 0 atom stereocenters. The maximum absolute atomic E-state index is 4.33. The predicted octanol–water partition coefficient (Wildman–Crippen LogP) is 7.08. The zero-order valence-corrected chi connectivity index (χ0v) is 15.4. The lowest BCUT2D eigenvalue weighted by Crippen LogP contribution is -2.00. The van der Waals surface area contributed by atoms with Crippen LogP contribution in [0, 0.1) is 0 Å². The van der Waals surface area contributed by atoms with Gasteiger partial charge in [-0.15, -0.1) is 0 Å². The minimum Gasteiger partial charge on any atom is -0.354 e. The fourth-order valence-electron chi connectivity index (χ4n) is 3.06. The predicted molar refractivity (Wildman–Crippen MR) is 109 cm³/mol. The van der Waals surface area contributed by atoms with E-state index in [-0.39, 0.29) is 0 Å². The fourth-order valence-corrected chi connectivity index (χ4v) is 4.03. The number of fused-ring (bicyclic) bond motifs is 2. The summed E-state index contributed by atoms with van der Waals surface area (Å²) in [5, 5.41) is 3.55. The van der Waals surface area contributed by atoms with Crippen LogP contribution in [0.15, 0.2) is 83.1 Å². The Kier molecular flexibility index (Phi) is 4.14. The molecule has 0 bridgehead atoms. The van der Waals surface area contributed by atoms with Gasteiger partial charge >= 0.3 is 0 Å². The van der Waals surface area contributed by atoms with E-state index >= 15 is 0 Å². The van der Waals surface area contributed by atoms with E-state index in [1.807, 2.05) is 11.8 Å². The standard InChI is InChI=1S/C23H21NS/c1-15(2)17-8-10-18(11-9-17)16(3)19-12-13-23-21(14-19)24-20-6-4-5-7-22(20)25-23/h4-15,24H,3H2,1-2H3. The van der Waals surface area contributed by atoms with Crippen molar-refractivity contribution in [2.45, 2.75) is 29.6 Å². The molecule has 0 spiro atoms. The zero-order chi connectivity index (χ0) is 17.4. The number of hydrogen-bond donors (Lipinski definition) is 1. The average molecular weight is 343 g/mol. The van der Waals surface area contributed by atoms with Gasteiger partial charge in [-0.3, -0.25) is 0 Å². The molecule has 3 aromatic carbocycles. The molecule has 0 unspecified atom stereocenters. The Labute approximate surface area is 153 Å². The minimum absolute atomic E-state index is 0.548. The first kappa shape index (κ1) is 16.0. The van der Waals surface area contributed by atoms with Crippen molar-refractivity contribution in [3.05, 3.63) is 90.0 Å². The average Bonchev–Trinajstić information content (AvgIpc) is 2.65. The highest BCUT2D eigenvalue weighted by atomic mass is 32.2. The van der Waals surface area contributed by atoms with Gasteiger partial charge in [-0.25, -0.2) is 0 Å². The van der Waals surface area contributed by atoms with Crippen LogP contribution in [0.2, 0.25) is 0 Å². The van der Waals surface area contributed by atoms with Crippen LogP contribution in [0.1, 0.15) is 36.5 Å². The van der Waals surface area contributed by atoms with Crippen LogP contribution < -0.4 is 5.32 Å². The van der Waals surface area contributed by atoms with Crippen molar-refractivity contribution in [3.63, 3.8) is 0 Å². The van der Waals surface area contributed by atoms with Gasteiger partial charge in [0, 0.05) is 9.79 Å². The lowest BCUT2D eigenvalue weighted by atomic mass is 9.95. The normalized spacial score (nSPS) is 12.3. The van der Waals surface area contributed by atoms with Crippen LogP contribution in [0.25, 0.3) is 5.57 Å². The van der Waals surface area contributed by atoms with Crippen molar-refractivity contribution in [3.8, 4) is 0 Å². The number of nitrogens with one attached hydrogen (secondary N) is 1. The molecule has 4 rings (SSSR count). The maximum atomic E-state index is 4.33. The number of rotatable bonds is 3. The first-order valence-electron chi connectivity index (χ1n) is 8.59. The molecule has 1 N–H and O–H groups in total. The van der Waals surface area contributed by atoms with Crippen LogP contribution in [-0.2, 0) is 0 Å². The summed E-state index contributed by atoms with van der Waals surface area (Å²) in [5.74, 6) is 0.548. The smallest absolute Gasteiger partial charge is 0.0532 e. The molecule has 0 aromatic heterocycles. The van der Waals surface area contributed by atoms with Gasteiger partial charge in [-0.05, 0) is 52.4 Å². The second kappa shape index (κ2) is 6.45. The summed E-state index contributed by atoms with van der Waals surface area (Å²) in [4.78, 5) is 2.52. The highest BCUT2D eigenvalue weighted by molar-refractivity contribution is 7.99. The van der Waals surface area contributed by atoms with E-state index < -0.39 is 0 Å². The molecule has 1 aliphatic heterocycles. The SMILES string of the molecule is C=C(c1ccc(C(C)C)cc1)c1ccc2c(c1)Nc1ccccc1S2. The van der Waals surface area contributed by atoms with E-state index in [2.05, 4.69) is 92.5 Å². The minimum atomic E-state index is 0.548. The van der Waals surface area contributed by atoms with Gasteiger partial charge in [0.2, 0.25) is 0 Å². The Hall–Kier alpha value is -2.45. The van der Waals surface area contributed by atoms with Gasteiger partial charge in [-0.2, -0.15) is 0 Å². The first-order chi connectivity index (χ1) is 12.1. The van der Waals surface area contributed by atoms with Gasteiger partial charge in [0.25, 0.3) is 0 Å². The summed E-state index contributed by atoms with van der Waals surface area (Å²) in [6.45, 7) is 8.76. The number of hydrogen-bond acceptors (Lipinski definition) is 2. The Bertz CT molecular complexity index is 939. The van der Waals surface area contributed by atoms with Gasteiger partial charge in [0.15, 0.2) is 0 Å². The van der Waals surface area contributed by atoms with E-state index in [4.69, 9.17) is 0 Å². The molecule has 0 aliphatic carbocycles. The summed E-state index contributed by atoms with van der Waals surface area (Å²) >= 11 is 1.81. The summed E-state index contributed by atoms with van der Waals surface area (Å²) in [7, 11) is 0. The molecule has 3 aromatic rings. The van der Waals surface area contributed by atoms with Gasteiger partial charge in [-0.1, -0.05) is 74.7 Å². The van der Waals surface area contributed by atoms with E-state index in [0.717, 1.165) is 16.8 Å². The highest BCUT2D eigenvalue weighted by Gasteiger charge is 2.16. The van der Waals surface area contributed by atoms with Gasteiger partial charge in [0.05, 0.1) is 11.4 Å². The molecule has 0 amide bonds.